The maximum Gasteiger partial charge on any atom is 0.153 e. The second-order valence-electron chi connectivity index (χ2n) is 4.35. The van der Waals surface area contributed by atoms with E-state index >= 15 is 0 Å². The monoisotopic (exact) mass is 308 g/mol. The zero-order valence-electron chi connectivity index (χ0n) is 11.0. The Morgan fingerprint density at radius 2 is 1.75 bits per heavy atom. The van der Waals surface area contributed by atoms with Crippen LogP contribution in [0.25, 0.3) is 11.1 Å². The molecule has 0 aromatic heterocycles. The fourth-order valence-electron chi connectivity index (χ4n) is 1.84. The normalized spacial score (nSPS) is 10.3. The highest BCUT2D eigenvalue weighted by molar-refractivity contribution is 6.42. The van der Waals surface area contributed by atoms with Gasteiger partial charge in [0.15, 0.2) is 6.29 Å². The van der Waals surface area contributed by atoms with Crippen molar-refractivity contribution in [2.24, 2.45) is 0 Å². The van der Waals surface area contributed by atoms with Crippen molar-refractivity contribution in [1.29, 1.82) is 0 Å². The molecule has 0 N–H and O–H groups in total. The molecule has 0 fully saturated rings. The van der Waals surface area contributed by atoms with Gasteiger partial charge in [-0.1, -0.05) is 42.3 Å². The van der Waals surface area contributed by atoms with Crippen molar-refractivity contribution in [3.05, 3.63) is 52.0 Å². The van der Waals surface area contributed by atoms with Gasteiger partial charge in [0.05, 0.1) is 22.2 Å². The van der Waals surface area contributed by atoms with Crippen LogP contribution in [0.15, 0.2) is 36.4 Å². The molecule has 0 unspecified atom stereocenters. The van der Waals surface area contributed by atoms with E-state index in [0.29, 0.717) is 28.0 Å². The lowest BCUT2D eigenvalue weighted by molar-refractivity contribution is 0.111. The van der Waals surface area contributed by atoms with Crippen LogP contribution in [0.1, 0.15) is 23.7 Å². The van der Waals surface area contributed by atoms with E-state index in [1.807, 2.05) is 19.1 Å². The highest BCUT2D eigenvalue weighted by Crippen LogP contribution is 2.30. The minimum atomic E-state index is 0.489. The molecule has 104 valence electrons. The molecule has 0 aliphatic heterocycles. The molecule has 0 saturated heterocycles. The lowest BCUT2D eigenvalue weighted by Crippen LogP contribution is -1.98. The first-order chi connectivity index (χ1) is 9.65. The Labute approximate surface area is 128 Å². The van der Waals surface area contributed by atoms with Crippen LogP contribution in [-0.4, -0.2) is 12.9 Å². The van der Waals surface area contributed by atoms with E-state index in [2.05, 4.69) is 0 Å². The van der Waals surface area contributed by atoms with Crippen LogP contribution >= 0.6 is 23.2 Å². The fourth-order valence-corrected chi connectivity index (χ4v) is 2.14. The van der Waals surface area contributed by atoms with Crippen molar-refractivity contribution >= 4 is 29.5 Å². The third-order valence-corrected chi connectivity index (χ3v) is 3.59. The predicted molar refractivity (Wildman–Crippen MR) is 83.1 cm³/mol. The highest BCUT2D eigenvalue weighted by atomic mass is 35.5. The van der Waals surface area contributed by atoms with Gasteiger partial charge in [-0.15, -0.1) is 0 Å². The molecule has 0 aliphatic carbocycles. The van der Waals surface area contributed by atoms with Crippen molar-refractivity contribution in [2.45, 2.75) is 13.3 Å². The fraction of sp³-hybridized carbons (Fsp3) is 0.188. The molecule has 20 heavy (non-hydrogen) atoms. The summed E-state index contributed by atoms with van der Waals surface area (Å²) in [5.41, 5.74) is 2.33. The van der Waals surface area contributed by atoms with Gasteiger partial charge in [-0.05, 0) is 41.8 Å². The largest absolute Gasteiger partial charge is 0.493 e. The molecule has 2 nitrogen and oxygen atoms in total. The summed E-state index contributed by atoms with van der Waals surface area (Å²) < 4.78 is 5.53. The van der Waals surface area contributed by atoms with Gasteiger partial charge in [-0.25, -0.2) is 0 Å². The van der Waals surface area contributed by atoms with E-state index in [-0.39, 0.29) is 0 Å². The van der Waals surface area contributed by atoms with Crippen molar-refractivity contribution in [1.82, 2.24) is 0 Å². The standard InChI is InChI=1S/C16H14Cl2O2/c1-2-7-20-16-6-4-11(8-13(16)10-19)12-3-5-14(17)15(18)9-12/h3-6,8-10H,2,7H2,1H3. The van der Waals surface area contributed by atoms with E-state index in [9.17, 15) is 4.79 Å². The lowest BCUT2D eigenvalue weighted by atomic mass is 10.0. The molecule has 0 spiro atoms. The van der Waals surface area contributed by atoms with E-state index in [0.717, 1.165) is 23.8 Å². The van der Waals surface area contributed by atoms with Crippen LogP contribution in [0.4, 0.5) is 0 Å². The summed E-state index contributed by atoms with van der Waals surface area (Å²) in [7, 11) is 0. The third-order valence-electron chi connectivity index (χ3n) is 2.85. The summed E-state index contributed by atoms with van der Waals surface area (Å²) in [4.78, 5) is 11.2. The maximum atomic E-state index is 11.2. The molecule has 4 heteroatoms. The SMILES string of the molecule is CCCOc1ccc(-c2ccc(Cl)c(Cl)c2)cc1C=O. The number of aldehydes is 1. The molecule has 0 amide bonds. The topological polar surface area (TPSA) is 26.3 Å². The van der Waals surface area contributed by atoms with Gasteiger partial charge in [-0.2, -0.15) is 0 Å². The summed E-state index contributed by atoms with van der Waals surface area (Å²) in [6.45, 7) is 2.61. The van der Waals surface area contributed by atoms with Gasteiger partial charge >= 0.3 is 0 Å². The summed E-state index contributed by atoms with van der Waals surface area (Å²) in [5, 5.41) is 0.997. The molecule has 0 bridgehead atoms. The smallest absolute Gasteiger partial charge is 0.153 e. The molecule has 2 aromatic carbocycles. The molecule has 0 radical (unpaired) electrons. The first-order valence-corrected chi connectivity index (χ1v) is 7.08. The molecule has 0 aliphatic rings. The van der Waals surface area contributed by atoms with Gasteiger partial charge < -0.3 is 4.74 Å². The van der Waals surface area contributed by atoms with E-state index in [1.54, 1.807) is 24.3 Å². The first kappa shape index (κ1) is 14.9. The van der Waals surface area contributed by atoms with Crippen LogP contribution < -0.4 is 4.74 Å². The van der Waals surface area contributed by atoms with Gasteiger partial charge in [-0.3, -0.25) is 4.79 Å². The van der Waals surface area contributed by atoms with Crippen molar-refractivity contribution in [2.75, 3.05) is 6.61 Å². The molecule has 0 atom stereocenters. The highest BCUT2D eigenvalue weighted by Gasteiger charge is 2.07. The number of carbonyl (C=O) groups excluding carboxylic acids is 1. The molecule has 0 heterocycles. The Balaban J connectivity index is 2.37. The molecule has 2 rings (SSSR count). The maximum absolute atomic E-state index is 11.2. The van der Waals surface area contributed by atoms with Gasteiger partial charge in [0, 0.05) is 0 Å². The minimum absolute atomic E-state index is 0.489. The van der Waals surface area contributed by atoms with Crippen LogP contribution in [0.5, 0.6) is 5.75 Å². The summed E-state index contributed by atoms with van der Waals surface area (Å²) in [5.74, 6) is 0.602. The Morgan fingerprint density at radius 3 is 2.40 bits per heavy atom. The molecule has 2 aromatic rings. The molecular weight excluding hydrogens is 295 g/mol. The number of ether oxygens (including phenoxy) is 1. The second-order valence-corrected chi connectivity index (χ2v) is 5.16. The number of rotatable bonds is 5. The number of hydrogen-bond acceptors (Lipinski definition) is 2. The van der Waals surface area contributed by atoms with Crippen LogP contribution in [0, 0.1) is 0 Å². The minimum Gasteiger partial charge on any atom is -0.493 e. The molecular formula is C16H14Cl2O2. The van der Waals surface area contributed by atoms with Crippen LogP contribution in [-0.2, 0) is 0 Å². The average molecular weight is 309 g/mol. The van der Waals surface area contributed by atoms with Crippen LogP contribution in [0.2, 0.25) is 10.0 Å². The van der Waals surface area contributed by atoms with Gasteiger partial charge in [0.2, 0.25) is 0 Å². The zero-order chi connectivity index (χ0) is 14.5. The summed E-state index contributed by atoms with van der Waals surface area (Å²) >= 11 is 11.9. The number of hydrogen-bond donors (Lipinski definition) is 0. The number of benzene rings is 2. The zero-order valence-corrected chi connectivity index (χ0v) is 12.5. The van der Waals surface area contributed by atoms with E-state index in [1.165, 1.54) is 0 Å². The average Bonchev–Trinajstić information content (AvgIpc) is 2.47. The summed E-state index contributed by atoms with van der Waals surface area (Å²) in [6, 6.07) is 10.9. The van der Waals surface area contributed by atoms with E-state index < -0.39 is 0 Å². The van der Waals surface area contributed by atoms with Crippen LogP contribution in [0.3, 0.4) is 0 Å². The third kappa shape index (κ3) is 3.33. The number of carbonyl (C=O) groups is 1. The Kier molecular flexibility index (Phi) is 5.05. The Morgan fingerprint density at radius 1 is 1.05 bits per heavy atom. The van der Waals surface area contributed by atoms with Crippen molar-refractivity contribution in [3.63, 3.8) is 0 Å². The van der Waals surface area contributed by atoms with Gasteiger partial charge in [0.25, 0.3) is 0 Å². The molecule has 0 saturated carbocycles. The predicted octanol–water partition coefficient (Wildman–Crippen LogP) is 5.26. The summed E-state index contributed by atoms with van der Waals surface area (Å²) in [6.07, 6.45) is 1.69. The Bertz CT molecular complexity index is 624. The van der Waals surface area contributed by atoms with E-state index in [4.69, 9.17) is 27.9 Å². The number of halogens is 2. The Hall–Kier alpha value is -1.51. The van der Waals surface area contributed by atoms with Gasteiger partial charge in [0.1, 0.15) is 5.75 Å². The second kappa shape index (κ2) is 6.78. The van der Waals surface area contributed by atoms with Crippen molar-refractivity contribution < 1.29 is 9.53 Å². The first-order valence-electron chi connectivity index (χ1n) is 6.33. The lowest BCUT2D eigenvalue weighted by Gasteiger charge is -2.10. The van der Waals surface area contributed by atoms with Crippen molar-refractivity contribution in [3.8, 4) is 16.9 Å². The quantitative estimate of drug-likeness (QED) is 0.704.